The lowest BCUT2D eigenvalue weighted by Gasteiger charge is -2.24. The lowest BCUT2D eigenvalue weighted by Crippen LogP contribution is -2.37. The average Bonchev–Trinajstić information content (AvgIpc) is 3.27. The molecule has 3 heterocycles. The van der Waals surface area contributed by atoms with E-state index in [2.05, 4.69) is 25.4 Å². The van der Waals surface area contributed by atoms with Gasteiger partial charge in [-0.25, -0.2) is 4.68 Å². The van der Waals surface area contributed by atoms with Crippen LogP contribution >= 0.6 is 0 Å². The van der Waals surface area contributed by atoms with Crippen molar-refractivity contribution < 1.29 is 4.79 Å². The zero-order chi connectivity index (χ0) is 16.0. The van der Waals surface area contributed by atoms with Crippen LogP contribution in [0.5, 0.6) is 0 Å². The number of aromatic amines is 1. The first-order valence-electron chi connectivity index (χ1n) is 8.02. The Morgan fingerprint density at radius 2 is 2.22 bits per heavy atom. The molecule has 0 spiro atoms. The van der Waals surface area contributed by atoms with Gasteiger partial charge in [-0.3, -0.25) is 9.89 Å². The Hall–Kier alpha value is -2.22. The van der Waals surface area contributed by atoms with E-state index >= 15 is 0 Å². The molecule has 1 amide bonds. The van der Waals surface area contributed by atoms with E-state index in [9.17, 15) is 4.79 Å². The van der Waals surface area contributed by atoms with Gasteiger partial charge in [0.15, 0.2) is 5.69 Å². The van der Waals surface area contributed by atoms with Gasteiger partial charge < -0.3 is 9.80 Å². The number of carbonyl (C=O) groups excluding carboxylic acids is 1. The van der Waals surface area contributed by atoms with Crippen LogP contribution < -0.4 is 0 Å². The number of amides is 1. The minimum atomic E-state index is 0.0267. The van der Waals surface area contributed by atoms with Crippen LogP contribution in [0.3, 0.4) is 0 Å². The van der Waals surface area contributed by atoms with Gasteiger partial charge >= 0.3 is 0 Å². The number of rotatable bonds is 3. The Kier molecular flexibility index (Phi) is 3.41. The van der Waals surface area contributed by atoms with Gasteiger partial charge in [-0.1, -0.05) is 5.21 Å². The third kappa shape index (κ3) is 2.33. The van der Waals surface area contributed by atoms with E-state index < -0.39 is 0 Å². The quantitative estimate of drug-likeness (QED) is 0.870. The van der Waals surface area contributed by atoms with Gasteiger partial charge in [0.2, 0.25) is 0 Å². The number of aryl methyl sites for hydroxylation is 1. The maximum atomic E-state index is 12.9. The second-order valence-electron chi connectivity index (χ2n) is 6.57. The van der Waals surface area contributed by atoms with Crippen LogP contribution in [0.15, 0.2) is 12.4 Å². The molecule has 0 unspecified atom stereocenters. The maximum Gasteiger partial charge on any atom is 0.274 e. The molecule has 1 fully saturated rings. The molecule has 0 aromatic carbocycles. The topological polar surface area (TPSA) is 82.9 Å². The van der Waals surface area contributed by atoms with Gasteiger partial charge in [0.05, 0.1) is 18.3 Å². The molecule has 1 aliphatic carbocycles. The molecule has 0 radical (unpaired) electrons. The molecule has 8 nitrogen and oxygen atoms in total. The van der Waals surface area contributed by atoms with Crippen molar-refractivity contribution in [1.29, 1.82) is 0 Å². The fraction of sp³-hybridized carbons (Fsp3) is 0.600. The van der Waals surface area contributed by atoms with Crippen molar-refractivity contribution in [3.63, 3.8) is 0 Å². The predicted molar refractivity (Wildman–Crippen MR) is 83.1 cm³/mol. The lowest BCUT2D eigenvalue weighted by atomic mass is 10.1. The molecule has 2 aliphatic rings. The van der Waals surface area contributed by atoms with E-state index in [0.29, 0.717) is 18.8 Å². The SMILES string of the molecule is CN(C)[C@@H]1CN(C(=O)c2n[nH]c3c2CCC3)C[C@@H]1n1ccnn1. The molecule has 0 saturated carbocycles. The lowest BCUT2D eigenvalue weighted by molar-refractivity contribution is 0.0774. The highest BCUT2D eigenvalue weighted by atomic mass is 16.2. The normalized spacial score (nSPS) is 23.7. The number of H-pyrrole nitrogens is 1. The fourth-order valence-electron chi connectivity index (χ4n) is 3.74. The summed E-state index contributed by atoms with van der Waals surface area (Å²) in [5, 5.41) is 15.3. The zero-order valence-electron chi connectivity index (χ0n) is 13.4. The van der Waals surface area contributed by atoms with Crippen LogP contribution in [0.4, 0.5) is 0 Å². The standard InChI is InChI=1S/C15H21N7O/c1-20(2)12-8-21(9-13(12)22-7-6-16-19-22)15(23)14-10-4-3-5-11(10)17-18-14/h6-7,12-13H,3-5,8-9H2,1-2H3,(H,17,18)/t12-,13+/m1/s1. The number of aromatic nitrogens is 5. The molecule has 2 atom stereocenters. The Labute approximate surface area is 134 Å². The van der Waals surface area contributed by atoms with Crippen LogP contribution in [0.25, 0.3) is 0 Å². The molecule has 1 saturated heterocycles. The van der Waals surface area contributed by atoms with E-state index in [-0.39, 0.29) is 18.0 Å². The zero-order valence-corrected chi connectivity index (χ0v) is 13.4. The van der Waals surface area contributed by atoms with Crippen LogP contribution in [-0.2, 0) is 12.8 Å². The Morgan fingerprint density at radius 3 is 2.96 bits per heavy atom. The summed E-state index contributed by atoms with van der Waals surface area (Å²) in [4.78, 5) is 17.0. The van der Waals surface area contributed by atoms with Gasteiger partial charge in [-0.2, -0.15) is 5.10 Å². The minimum absolute atomic E-state index is 0.0267. The first-order valence-corrected chi connectivity index (χ1v) is 8.02. The molecule has 1 N–H and O–H groups in total. The molecule has 8 heteroatoms. The van der Waals surface area contributed by atoms with Crippen molar-refractivity contribution in [1.82, 2.24) is 35.0 Å². The van der Waals surface area contributed by atoms with Crippen molar-refractivity contribution in [3.8, 4) is 0 Å². The second-order valence-corrected chi connectivity index (χ2v) is 6.57. The molecule has 4 rings (SSSR count). The highest BCUT2D eigenvalue weighted by molar-refractivity contribution is 5.94. The first kappa shape index (κ1) is 14.4. The summed E-state index contributed by atoms with van der Waals surface area (Å²) in [6.07, 6.45) is 6.59. The van der Waals surface area contributed by atoms with Gasteiger partial charge in [-0.15, -0.1) is 5.10 Å². The van der Waals surface area contributed by atoms with Crippen molar-refractivity contribution in [2.75, 3.05) is 27.2 Å². The summed E-state index contributed by atoms with van der Waals surface area (Å²) in [5.74, 6) is 0.0267. The number of fused-ring (bicyclic) bond motifs is 1. The second kappa shape index (κ2) is 5.45. The van der Waals surface area contributed by atoms with E-state index in [4.69, 9.17) is 0 Å². The average molecular weight is 315 g/mol. The summed E-state index contributed by atoms with van der Waals surface area (Å²) >= 11 is 0. The van der Waals surface area contributed by atoms with E-state index in [1.165, 1.54) is 0 Å². The number of nitrogens with one attached hydrogen (secondary N) is 1. The van der Waals surface area contributed by atoms with Gasteiger partial charge in [0.1, 0.15) is 0 Å². The van der Waals surface area contributed by atoms with Crippen LogP contribution in [0.1, 0.15) is 34.2 Å². The Balaban J connectivity index is 1.59. The highest BCUT2D eigenvalue weighted by Crippen LogP contribution is 2.28. The summed E-state index contributed by atoms with van der Waals surface area (Å²) in [5.41, 5.74) is 2.85. The van der Waals surface area contributed by atoms with E-state index in [1.807, 2.05) is 29.9 Å². The number of carbonyl (C=O) groups is 1. The molecule has 122 valence electrons. The van der Waals surface area contributed by atoms with Gasteiger partial charge in [-0.05, 0) is 33.4 Å². The fourth-order valence-corrected chi connectivity index (χ4v) is 3.74. The van der Waals surface area contributed by atoms with Gasteiger partial charge in [0, 0.05) is 30.5 Å². The Morgan fingerprint density at radius 1 is 1.35 bits per heavy atom. The van der Waals surface area contributed by atoms with Crippen molar-refractivity contribution >= 4 is 5.91 Å². The molecular weight excluding hydrogens is 294 g/mol. The third-order valence-corrected chi connectivity index (χ3v) is 5.00. The molecule has 2 aromatic rings. The summed E-state index contributed by atoms with van der Waals surface area (Å²) < 4.78 is 1.85. The predicted octanol–water partition coefficient (Wildman–Crippen LogP) is 0.117. The third-order valence-electron chi connectivity index (χ3n) is 5.00. The molecule has 0 bridgehead atoms. The number of likely N-dealkylation sites (tertiary alicyclic amines) is 1. The summed E-state index contributed by atoms with van der Waals surface area (Å²) in [6.45, 7) is 1.31. The van der Waals surface area contributed by atoms with Gasteiger partial charge in [0.25, 0.3) is 5.91 Å². The summed E-state index contributed by atoms with van der Waals surface area (Å²) in [6, 6.07) is 0.330. The number of likely N-dealkylation sites (N-methyl/N-ethyl adjacent to an activating group) is 1. The minimum Gasteiger partial charge on any atom is -0.333 e. The smallest absolute Gasteiger partial charge is 0.274 e. The first-order chi connectivity index (χ1) is 11.1. The van der Waals surface area contributed by atoms with E-state index in [0.717, 1.165) is 30.5 Å². The molecule has 2 aromatic heterocycles. The van der Waals surface area contributed by atoms with Crippen molar-refractivity contribution in [2.24, 2.45) is 0 Å². The largest absolute Gasteiger partial charge is 0.333 e. The van der Waals surface area contributed by atoms with Crippen LogP contribution in [-0.4, -0.2) is 74.1 Å². The number of hydrogen-bond acceptors (Lipinski definition) is 5. The van der Waals surface area contributed by atoms with Crippen molar-refractivity contribution in [2.45, 2.75) is 31.3 Å². The maximum absolute atomic E-state index is 12.9. The monoisotopic (exact) mass is 315 g/mol. The Bertz CT molecular complexity index is 705. The van der Waals surface area contributed by atoms with Crippen LogP contribution in [0.2, 0.25) is 0 Å². The van der Waals surface area contributed by atoms with Crippen molar-refractivity contribution in [3.05, 3.63) is 29.3 Å². The molecule has 1 aliphatic heterocycles. The number of nitrogens with zero attached hydrogens (tertiary/aromatic N) is 6. The molecule has 23 heavy (non-hydrogen) atoms. The summed E-state index contributed by atoms with van der Waals surface area (Å²) in [7, 11) is 4.07. The number of hydrogen-bond donors (Lipinski definition) is 1. The molecular formula is C15H21N7O. The highest BCUT2D eigenvalue weighted by Gasteiger charge is 2.39. The van der Waals surface area contributed by atoms with Crippen LogP contribution in [0, 0.1) is 0 Å². The van der Waals surface area contributed by atoms with E-state index in [1.54, 1.807) is 6.20 Å².